The summed E-state index contributed by atoms with van der Waals surface area (Å²) < 4.78 is 53.2. The summed E-state index contributed by atoms with van der Waals surface area (Å²) in [5, 5.41) is 4.42. The van der Waals surface area contributed by atoms with Crippen molar-refractivity contribution < 1.29 is 22.0 Å². The number of sulfonamides is 1. The number of hydrogen-bond donors (Lipinski definition) is 2. The SMILES string of the molecule is O=C(CNS(=O)(=O)c1c(F)cccc1F)Nc1ccc2ccccc2c1. The first kappa shape index (κ1) is 18.0. The Hall–Kier alpha value is -2.84. The molecule has 1 amide bonds. The molecule has 0 heterocycles. The molecule has 2 N–H and O–H groups in total. The first-order valence-electron chi connectivity index (χ1n) is 7.59. The van der Waals surface area contributed by atoms with Gasteiger partial charge in [0.05, 0.1) is 6.54 Å². The molecule has 134 valence electrons. The number of halogens is 2. The standard InChI is InChI=1S/C18H14F2N2O3S/c19-15-6-3-7-16(20)18(15)26(24,25)21-11-17(23)22-14-9-8-12-4-1-2-5-13(12)10-14/h1-10,21H,11H2,(H,22,23). The van der Waals surface area contributed by atoms with Crippen molar-refractivity contribution in [2.24, 2.45) is 0 Å². The van der Waals surface area contributed by atoms with Crippen molar-refractivity contribution in [2.75, 3.05) is 11.9 Å². The van der Waals surface area contributed by atoms with Gasteiger partial charge in [-0.05, 0) is 35.0 Å². The van der Waals surface area contributed by atoms with Crippen LogP contribution in [0.15, 0.2) is 65.6 Å². The molecular weight excluding hydrogens is 362 g/mol. The highest BCUT2D eigenvalue weighted by Crippen LogP contribution is 2.19. The normalized spacial score (nSPS) is 11.5. The number of benzene rings is 3. The van der Waals surface area contributed by atoms with E-state index in [1.54, 1.807) is 12.1 Å². The van der Waals surface area contributed by atoms with Gasteiger partial charge < -0.3 is 5.32 Å². The topological polar surface area (TPSA) is 75.3 Å². The summed E-state index contributed by atoms with van der Waals surface area (Å²) in [6.45, 7) is -0.664. The van der Waals surface area contributed by atoms with Crippen LogP contribution in [0.4, 0.5) is 14.5 Å². The van der Waals surface area contributed by atoms with Gasteiger partial charge in [-0.1, -0.05) is 36.4 Å². The van der Waals surface area contributed by atoms with Gasteiger partial charge in [-0.2, -0.15) is 0 Å². The lowest BCUT2D eigenvalue weighted by Crippen LogP contribution is -2.33. The molecule has 0 atom stereocenters. The molecule has 0 unspecified atom stereocenters. The lowest BCUT2D eigenvalue weighted by atomic mass is 10.1. The number of rotatable bonds is 5. The van der Waals surface area contributed by atoms with Crippen LogP contribution in [-0.2, 0) is 14.8 Å². The van der Waals surface area contributed by atoms with E-state index in [1.165, 1.54) is 0 Å². The van der Waals surface area contributed by atoms with Gasteiger partial charge in [-0.25, -0.2) is 21.9 Å². The maximum absolute atomic E-state index is 13.6. The third-order valence-electron chi connectivity index (χ3n) is 3.64. The molecule has 3 aromatic rings. The Balaban J connectivity index is 1.70. The predicted molar refractivity (Wildman–Crippen MR) is 94.1 cm³/mol. The molecule has 0 spiro atoms. The fraction of sp³-hybridized carbons (Fsp3) is 0.0556. The highest BCUT2D eigenvalue weighted by molar-refractivity contribution is 7.89. The van der Waals surface area contributed by atoms with Crippen LogP contribution >= 0.6 is 0 Å². The van der Waals surface area contributed by atoms with Crippen molar-refractivity contribution in [3.8, 4) is 0 Å². The maximum atomic E-state index is 13.6. The number of nitrogens with one attached hydrogen (secondary N) is 2. The van der Waals surface area contributed by atoms with Gasteiger partial charge in [-0.3, -0.25) is 4.79 Å². The second-order valence-corrected chi connectivity index (χ2v) is 7.19. The molecule has 0 bridgehead atoms. The monoisotopic (exact) mass is 376 g/mol. The van der Waals surface area contributed by atoms with E-state index in [0.29, 0.717) is 5.69 Å². The van der Waals surface area contributed by atoms with E-state index in [-0.39, 0.29) is 0 Å². The molecule has 0 aliphatic rings. The fourth-order valence-electron chi connectivity index (χ4n) is 2.44. The number of fused-ring (bicyclic) bond motifs is 1. The van der Waals surface area contributed by atoms with Crippen molar-refractivity contribution in [1.82, 2.24) is 4.72 Å². The molecule has 5 nitrogen and oxygen atoms in total. The lowest BCUT2D eigenvalue weighted by Gasteiger charge is -2.10. The quantitative estimate of drug-likeness (QED) is 0.719. The van der Waals surface area contributed by atoms with Crippen molar-refractivity contribution in [1.29, 1.82) is 0 Å². The summed E-state index contributed by atoms with van der Waals surface area (Å²) >= 11 is 0. The summed E-state index contributed by atoms with van der Waals surface area (Å²) in [7, 11) is -4.50. The minimum absolute atomic E-state index is 0.477. The van der Waals surface area contributed by atoms with Crippen molar-refractivity contribution in [3.63, 3.8) is 0 Å². The Labute approximate surface area is 148 Å². The highest BCUT2D eigenvalue weighted by atomic mass is 32.2. The zero-order valence-corrected chi connectivity index (χ0v) is 14.2. The summed E-state index contributed by atoms with van der Waals surface area (Å²) in [5.41, 5.74) is 0.477. The average Bonchev–Trinajstić information content (AvgIpc) is 2.60. The number of carbonyl (C=O) groups excluding carboxylic acids is 1. The summed E-state index contributed by atoms with van der Waals surface area (Å²) in [4.78, 5) is 10.9. The Morgan fingerprint density at radius 1 is 0.885 bits per heavy atom. The van der Waals surface area contributed by atoms with Crippen molar-refractivity contribution >= 4 is 32.4 Å². The van der Waals surface area contributed by atoms with Crippen LogP contribution in [-0.4, -0.2) is 20.9 Å². The smallest absolute Gasteiger partial charge is 0.246 e. The van der Waals surface area contributed by atoms with Crippen LogP contribution in [0.25, 0.3) is 10.8 Å². The lowest BCUT2D eigenvalue weighted by molar-refractivity contribution is -0.115. The number of hydrogen-bond acceptors (Lipinski definition) is 3. The van der Waals surface area contributed by atoms with Crippen LogP contribution in [0.1, 0.15) is 0 Å². The highest BCUT2D eigenvalue weighted by Gasteiger charge is 2.24. The van der Waals surface area contributed by atoms with Crippen molar-refractivity contribution in [2.45, 2.75) is 4.90 Å². The average molecular weight is 376 g/mol. The van der Waals surface area contributed by atoms with Crippen LogP contribution in [0, 0.1) is 11.6 Å². The third-order valence-corrected chi connectivity index (χ3v) is 5.10. The number of anilines is 1. The largest absolute Gasteiger partial charge is 0.325 e. The van der Waals surface area contributed by atoms with Gasteiger partial charge in [0.25, 0.3) is 0 Å². The minimum atomic E-state index is -4.50. The second-order valence-electron chi connectivity index (χ2n) is 5.49. The Morgan fingerprint density at radius 2 is 1.54 bits per heavy atom. The zero-order chi connectivity index (χ0) is 18.7. The molecule has 0 fully saturated rings. The molecule has 26 heavy (non-hydrogen) atoms. The zero-order valence-electron chi connectivity index (χ0n) is 13.4. The third kappa shape index (κ3) is 3.87. The summed E-state index contributed by atoms with van der Waals surface area (Å²) in [5.74, 6) is -3.12. The van der Waals surface area contributed by atoms with Gasteiger partial charge in [0, 0.05) is 5.69 Å². The van der Waals surface area contributed by atoms with Gasteiger partial charge in [0.15, 0.2) is 4.90 Å². The van der Waals surface area contributed by atoms with Crippen LogP contribution in [0.2, 0.25) is 0 Å². The van der Waals surface area contributed by atoms with E-state index in [4.69, 9.17) is 0 Å². The molecule has 0 saturated heterocycles. The second kappa shape index (κ2) is 7.19. The van der Waals surface area contributed by atoms with E-state index in [2.05, 4.69) is 5.32 Å². The summed E-state index contributed by atoms with van der Waals surface area (Å²) in [6, 6.07) is 15.4. The van der Waals surface area contributed by atoms with Crippen LogP contribution < -0.4 is 10.0 Å². The molecule has 3 rings (SSSR count). The summed E-state index contributed by atoms with van der Waals surface area (Å²) in [6.07, 6.45) is 0. The molecular formula is C18H14F2N2O3S. The molecule has 0 aliphatic heterocycles. The number of amides is 1. The Bertz CT molecular complexity index is 1060. The Kier molecular flexibility index (Phi) is 4.97. The van der Waals surface area contributed by atoms with Crippen LogP contribution in [0.5, 0.6) is 0 Å². The van der Waals surface area contributed by atoms with E-state index in [0.717, 1.165) is 29.0 Å². The van der Waals surface area contributed by atoms with Gasteiger partial charge in [0.2, 0.25) is 15.9 Å². The predicted octanol–water partition coefficient (Wildman–Crippen LogP) is 3.04. The van der Waals surface area contributed by atoms with Crippen molar-refractivity contribution in [3.05, 3.63) is 72.3 Å². The molecule has 3 aromatic carbocycles. The molecule has 0 saturated carbocycles. The first-order chi connectivity index (χ1) is 12.4. The van der Waals surface area contributed by atoms with Crippen LogP contribution in [0.3, 0.4) is 0 Å². The fourth-order valence-corrected chi connectivity index (χ4v) is 3.56. The number of carbonyl (C=O) groups is 1. The maximum Gasteiger partial charge on any atom is 0.246 e. The first-order valence-corrected chi connectivity index (χ1v) is 9.07. The molecule has 0 aliphatic carbocycles. The molecule has 8 heteroatoms. The van der Waals surface area contributed by atoms with E-state index >= 15 is 0 Å². The molecule has 0 radical (unpaired) electrons. The van der Waals surface area contributed by atoms with Gasteiger partial charge >= 0.3 is 0 Å². The molecule has 0 aromatic heterocycles. The van der Waals surface area contributed by atoms with E-state index in [1.807, 2.05) is 35.1 Å². The minimum Gasteiger partial charge on any atom is -0.325 e. The van der Waals surface area contributed by atoms with Gasteiger partial charge in [-0.15, -0.1) is 0 Å². The van der Waals surface area contributed by atoms with Gasteiger partial charge in [0.1, 0.15) is 11.6 Å². The van der Waals surface area contributed by atoms with E-state index < -0.39 is 39.0 Å². The van der Waals surface area contributed by atoms with E-state index in [9.17, 15) is 22.0 Å². The Morgan fingerprint density at radius 3 is 2.23 bits per heavy atom.